The lowest BCUT2D eigenvalue weighted by Gasteiger charge is -2.31. The smallest absolute Gasteiger partial charge is 0.414 e. The summed E-state index contributed by atoms with van der Waals surface area (Å²) in [5, 5.41) is 0.256. The van der Waals surface area contributed by atoms with E-state index in [9.17, 15) is 22.8 Å². The molecule has 1 aromatic heterocycles. The predicted octanol–water partition coefficient (Wildman–Crippen LogP) is 2.43. The molecular formula is C23H24ClN3O7S. The number of hydrogen-bond donors (Lipinski definition) is 2. The SMILES string of the molecule is Cc1cccc(C(N)(c2c(C)c3cc(Cl)c(OC(=O)N(C)C)cc3oc2=O)S(C)(=O)=O)c1C(N)=O. The second-order valence-corrected chi connectivity index (χ2v) is 10.9. The van der Waals surface area contributed by atoms with E-state index in [1.54, 1.807) is 13.0 Å². The predicted molar refractivity (Wildman–Crippen MR) is 131 cm³/mol. The monoisotopic (exact) mass is 521 g/mol. The van der Waals surface area contributed by atoms with E-state index in [1.807, 2.05) is 0 Å². The zero-order valence-electron chi connectivity index (χ0n) is 19.6. The molecule has 0 radical (unpaired) electrons. The zero-order valence-corrected chi connectivity index (χ0v) is 21.2. The van der Waals surface area contributed by atoms with Crippen molar-refractivity contribution in [3.8, 4) is 5.75 Å². The fourth-order valence-corrected chi connectivity index (χ4v) is 5.25. The van der Waals surface area contributed by atoms with Gasteiger partial charge in [-0.05, 0) is 31.0 Å². The minimum atomic E-state index is -4.30. The minimum Gasteiger partial charge on any atom is -0.422 e. The van der Waals surface area contributed by atoms with E-state index in [0.29, 0.717) is 5.56 Å². The Labute approximate surface area is 206 Å². The quantitative estimate of drug-likeness (QED) is 0.483. The maximum absolute atomic E-state index is 13.2. The lowest BCUT2D eigenvalue weighted by Crippen LogP contribution is -2.50. The first-order valence-corrected chi connectivity index (χ1v) is 12.4. The fraction of sp³-hybridized carbons (Fsp3) is 0.261. The molecular weight excluding hydrogens is 498 g/mol. The Morgan fingerprint density at radius 2 is 1.80 bits per heavy atom. The first-order chi connectivity index (χ1) is 16.1. The Morgan fingerprint density at radius 3 is 2.34 bits per heavy atom. The van der Waals surface area contributed by atoms with E-state index in [0.717, 1.165) is 6.26 Å². The summed E-state index contributed by atoms with van der Waals surface area (Å²) in [6.07, 6.45) is 0.137. The molecule has 186 valence electrons. The van der Waals surface area contributed by atoms with E-state index in [4.69, 9.17) is 32.2 Å². The van der Waals surface area contributed by atoms with Gasteiger partial charge in [0.05, 0.1) is 10.6 Å². The van der Waals surface area contributed by atoms with Gasteiger partial charge in [0.25, 0.3) is 0 Å². The Hall–Kier alpha value is -3.41. The largest absolute Gasteiger partial charge is 0.422 e. The highest BCUT2D eigenvalue weighted by molar-refractivity contribution is 7.91. The normalized spacial score (nSPS) is 13.3. The molecule has 0 bridgehead atoms. The number of primary amides is 1. The van der Waals surface area contributed by atoms with E-state index >= 15 is 0 Å². The summed E-state index contributed by atoms with van der Waals surface area (Å²) in [6, 6.07) is 7.01. The molecule has 3 aromatic rings. The molecule has 0 aliphatic rings. The van der Waals surface area contributed by atoms with Crippen LogP contribution in [0.3, 0.4) is 0 Å². The van der Waals surface area contributed by atoms with Crippen LogP contribution in [0.15, 0.2) is 39.5 Å². The summed E-state index contributed by atoms with van der Waals surface area (Å²) >= 11 is 6.30. The summed E-state index contributed by atoms with van der Waals surface area (Å²) < 4.78 is 36.9. The Kier molecular flexibility index (Phi) is 6.73. The number of rotatable bonds is 5. The number of aryl methyl sites for hydroxylation is 2. The van der Waals surface area contributed by atoms with Gasteiger partial charge in [-0.15, -0.1) is 0 Å². The van der Waals surface area contributed by atoms with Gasteiger partial charge in [0.2, 0.25) is 5.91 Å². The van der Waals surface area contributed by atoms with Crippen molar-refractivity contribution in [1.29, 1.82) is 0 Å². The molecule has 4 N–H and O–H groups in total. The van der Waals surface area contributed by atoms with Gasteiger partial charge in [0.15, 0.2) is 20.5 Å². The number of halogens is 1. The van der Waals surface area contributed by atoms with Crippen LogP contribution in [0.1, 0.15) is 32.6 Å². The highest BCUT2D eigenvalue weighted by Crippen LogP contribution is 2.39. The molecule has 12 heteroatoms. The summed E-state index contributed by atoms with van der Waals surface area (Å²) in [4.78, 5) is 36.1. The van der Waals surface area contributed by atoms with Gasteiger partial charge < -0.3 is 25.5 Å². The molecule has 0 spiro atoms. The molecule has 1 atom stereocenters. The number of hydrogen-bond acceptors (Lipinski definition) is 8. The van der Waals surface area contributed by atoms with E-state index in [1.165, 1.54) is 50.2 Å². The lowest BCUT2D eigenvalue weighted by atomic mass is 9.89. The van der Waals surface area contributed by atoms with Crippen molar-refractivity contribution in [2.24, 2.45) is 11.5 Å². The number of ether oxygens (including phenoxy) is 1. The molecule has 35 heavy (non-hydrogen) atoms. The van der Waals surface area contributed by atoms with Crippen molar-refractivity contribution in [3.63, 3.8) is 0 Å². The van der Waals surface area contributed by atoms with Crippen LogP contribution in [-0.2, 0) is 14.7 Å². The van der Waals surface area contributed by atoms with Crippen LogP contribution in [0.4, 0.5) is 4.79 Å². The van der Waals surface area contributed by atoms with Crippen molar-refractivity contribution in [1.82, 2.24) is 4.90 Å². The van der Waals surface area contributed by atoms with Gasteiger partial charge in [0, 0.05) is 42.9 Å². The van der Waals surface area contributed by atoms with Crippen LogP contribution in [0.25, 0.3) is 11.0 Å². The molecule has 0 aliphatic heterocycles. The number of fused-ring (bicyclic) bond motifs is 1. The number of carbonyl (C=O) groups excluding carboxylic acids is 2. The zero-order chi connectivity index (χ0) is 26.5. The third-order valence-corrected chi connectivity index (χ3v) is 7.55. The average molecular weight is 522 g/mol. The van der Waals surface area contributed by atoms with E-state index in [2.05, 4.69) is 0 Å². The van der Waals surface area contributed by atoms with Gasteiger partial charge in [0.1, 0.15) is 5.58 Å². The molecule has 0 aliphatic carbocycles. The summed E-state index contributed by atoms with van der Waals surface area (Å²) in [5.74, 6) is -0.972. The van der Waals surface area contributed by atoms with Crippen LogP contribution in [-0.4, -0.2) is 45.7 Å². The van der Waals surface area contributed by atoms with Crippen molar-refractivity contribution >= 4 is 44.4 Å². The first-order valence-electron chi connectivity index (χ1n) is 10.2. The lowest BCUT2D eigenvalue weighted by molar-refractivity contribution is 0.0998. The Balaban J connectivity index is 2.42. The van der Waals surface area contributed by atoms with Crippen LogP contribution in [0.5, 0.6) is 5.75 Å². The van der Waals surface area contributed by atoms with Crippen molar-refractivity contribution in [2.45, 2.75) is 18.7 Å². The van der Waals surface area contributed by atoms with Gasteiger partial charge >= 0.3 is 11.7 Å². The number of sulfone groups is 1. The van der Waals surface area contributed by atoms with E-state index in [-0.39, 0.29) is 38.4 Å². The summed E-state index contributed by atoms with van der Waals surface area (Å²) in [5.41, 5.74) is 10.8. The molecule has 3 rings (SSSR count). The molecule has 10 nitrogen and oxygen atoms in total. The first kappa shape index (κ1) is 26.2. The molecule has 2 amide bonds. The third kappa shape index (κ3) is 4.38. The number of carbonyl (C=O) groups is 2. The number of nitrogens with two attached hydrogens (primary N) is 2. The molecule has 0 fully saturated rings. The van der Waals surface area contributed by atoms with Gasteiger partial charge in [-0.25, -0.2) is 18.0 Å². The summed E-state index contributed by atoms with van der Waals surface area (Å²) in [7, 11) is -1.34. The average Bonchev–Trinajstić information content (AvgIpc) is 2.73. The van der Waals surface area contributed by atoms with Crippen LogP contribution in [0, 0.1) is 13.8 Å². The maximum atomic E-state index is 13.2. The molecule has 2 aromatic carbocycles. The van der Waals surface area contributed by atoms with Crippen LogP contribution < -0.4 is 21.8 Å². The van der Waals surface area contributed by atoms with Crippen LogP contribution >= 0.6 is 11.6 Å². The van der Waals surface area contributed by atoms with Crippen LogP contribution in [0.2, 0.25) is 5.02 Å². The highest BCUT2D eigenvalue weighted by atomic mass is 35.5. The van der Waals surface area contributed by atoms with Gasteiger partial charge in [-0.2, -0.15) is 0 Å². The fourth-order valence-electron chi connectivity index (χ4n) is 3.87. The third-order valence-electron chi connectivity index (χ3n) is 5.66. The van der Waals surface area contributed by atoms with Gasteiger partial charge in [-0.3, -0.25) is 4.79 Å². The molecule has 1 unspecified atom stereocenters. The minimum absolute atomic E-state index is 0.00552. The number of benzene rings is 2. The Morgan fingerprint density at radius 1 is 1.17 bits per heavy atom. The topological polar surface area (TPSA) is 163 Å². The maximum Gasteiger partial charge on any atom is 0.414 e. The van der Waals surface area contributed by atoms with Crippen molar-refractivity contribution in [2.75, 3.05) is 20.4 Å². The second-order valence-electron chi connectivity index (χ2n) is 8.30. The Bertz CT molecular complexity index is 1550. The van der Waals surface area contributed by atoms with Crippen molar-refractivity contribution in [3.05, 3.63) is 73.6 Å². The van der Waals surface area contributed by atoms with Crippen molar-refractivity contribution < 1.29 is 27.2 Å². The molecule has 0 saturated carbocycles. The number of amides is 2. The molecule has 1 heterocycles. The standard InChI is InChI=1S/C23H24ClN3O7S/c1-11-7-6-8-14(18(11)20(25)28)23(26,35(5,31)32)19-12(2)13-9-15(24)17(34-22(30)27(3)4)10-16(13)33-21(19)29/h6-10H,26H2,1-5H3,(H2,25,28). The van der Waals surface area contributed by atoms with Gasteiger partial charge in [-0.1, -0.05) is 29.8 Å². The number of nitrogens with zero attached hydrogens (tertiary/aromatic N) is 1. The molecule has 0 saturated heterocycles. The highest BCUT2D eigenvalue weighted by Gasteiger charge is 2.47. The summed E-state index contributed by atoms with van der Waals surface area (Å²) in [6.45, 7) is 3.04. The van der Waals surface area contributed by atoms with E-state index < -0.39 is 37.9 Å². The second kappa shape index (κ2) is 8.99.